The van der Waals surface area contributed by atoms with E-state index in [-0.39, 0.29) is 28.3 Å². The van der Waals surface area contributed by atoms with Crippen LogP contribution in [0.1, 0.15) is 69.5 Å². The maximum absolute atomic E-state index is 13.9. The van der Waals surface area contributed by atoms with Gasteiger partial charge in [-0.3, -0.25) is 19.1 Å². The molecule has 1 atom stereocenters. The molecule has 5 aromatic carbocycles. The standard InChI is InChI=1S/C36H49FN4O7S.C10H8O6S2/c1-49(46,47)40-32-24-27(14-16-34(32)43)35(44)25-38-19-9-5-3-2-4-6-10-20-41-21-17-28(18-22-41)48-36(45)39-31-12-8-7-11-29(31)26-13-15-33(42)30(37)23-26;11-17(12,13)9-5-1-3-7-8(9)4-2-6-10(7)18(14,15)16/h7-8,11-16,23-24,28,35,38,40,42-44H,2-6,9-10,17-22,25H2,1H3,(H,39,45);1-6H,(H,11,12,13)(H,14,15,16)/t35-;/m0./s1. The van der Waals surface area contributed by atoms with Crippen LogP contribution >= 0.6 is 0 Å². The summed E-state index contributed by atoms with van der Waals surface area (Å²) in [6, 6.07) is 23.1. The fraction of sp³-hybridized carbons (Fsp3) is 0.370. The molecule has 1 saturated heterocycles. The quantitative estimate of drug-likeness (QED) is 0.0211. The Labute approximate surface area is 390 Å². The summed E-state index contributed by atoms with van der Waals surface area (Å²) >= 11 is 0. The zero-order chi connectivity index (χ0) is 48.8. The van der Waals surface area contributed by atoms with Gasteiger partial charge in [0.1, 0.15) is 21.6 Å². The Hall–Kier alpha value is -5.39. The Balaban J connectivity index is 0.000000388. The van der Waals surface area contributed by atoms with Crippen LogP contribution < -0.4 is 15.4 Å². The number of carbonyl (C=O) groups is 1. The van der Waals surface area contributed by atoms with Crippen LogP contribution in [-0.2, 0) is 35.0 Å². The number of benzene rings is 5. The molecule has 1 amide bonds. The molecule has 5 aromatic rings. The molecule has 6 rings (SSSR count). The number of fused-ring (bicyclic) bond motifs is 1. The van der Waals surface area contributed by atoms with Gasteiger partial charge < -0.3 is 30.3 Å². The van der Waals surface area contributed by atoms with Gasteiger partial charge in [-0.1, -0.05) is 86.7 Å². The van der Waals surface area contributed by atoms with Crippen molar-refractivity contribution in [3.63, 3.8) is 0 Å². The van der Waals surface area contributed by atoms with Crippen molar-refractivity contribution < 1.29 is 63.6 Å². The van der Waals surface area contributed by atoms with Crippen LogP contribution in [0.2, 0.25) is 0 Å². The first kappa shape index (κ1) is 52.6. The number of amides is 1. The molecule has 21 heteroatoms. The molecule has 0 spiro atoms. The molecule has 364 valence electrons. The number of carbonyl (C=O) groups excluding carboxylic acids is 1. The van der Waals surface area contributed by atoms with Crippen molar-refractivity contribution in [1.82, 2.24) is 10.2 Å². The van der Waals surface area contributed by atoms with Crippen molar-refractivity contribution in [1.29, 1.82) is 0 Å². The number of likely N-dealkylation sites (tertiary alicyclic amines) is 1. The normalized spacial score (nSPS) is 14.2. The molecule has 0 aromatic heterocycles. The molecule has 1 heterocycles. The Bertz CT molecular complexity index is 2740. The van der Waals surface area contributed by atoms with Gasteiger partial charge in [0.25, 0.3) is 20.2 Å². The Morgan fingerprint density at radius 1 is 0.731 bits per heavy atom. The van der Waals surface area contributed by atoms with Crippen molar-refractivity contribution in [2.24, 2.45) is 0 Å². The van der Waals surface area contributed by atoms with Gasteiger partial charge in [0.15, 0.2) is 11.6 Å². The number of nitrogens with one attached hydrogen (secondary N) is 3. The number of phenolic OH excluding ortho intramolecular Hbond substituents is 2. The van der Waals surface area contributed by atoms with Crippen LogP contribution in [-0.4, -0.2) is 106 Å². The van der Waals surface area contributed by atoms with E-state index in [1.54, 1.807) is 36.4 Å². The average Bonchev–Trinajstić information content (AvgIpc) is 3.26. The molecule has 0 unspecified atom stereocenters. The SMILES string of the molecule is CS(=O)(=O)Nc1cc([C@@H](O)CNCCCCCCCCCN2CCC(OC(=O)Nc3ccccc3-c3ccc(O)c(F)c3)CC2)ccc1O.O=S(=O)(O)c1cccc2c(S(=O)(=O)O)cccc12. The number of ether oxygens (including phenoxy) is 1. The minimum absolute atomic E-state index is 0.0233. The first-order valence-electron chi connectivity index (χ1n) is 21.6. The summed E-state index contributed by atoms with van der Waals surface area (Å²) < 4.78 is 107. The van der Waals surface area contributed by atoms with Crippen LogP contribution in [0, 0.1) is 5.82 Å². The van der Waals surface area contributed by atoms with Gasteiger partial charge in [0, 0.05) is 36.0 Å². The van der Waals surface area contributed by atoms with Gasteiger partial charge >= 0.3 is 6.09 Å². The number of para-hydroxylation sites is 1. The minimum atomic E-state index is -4.47. The third-order valence-corrected chi connectivity index (χ3v) is 13.4. The number of phenols is 2. The smallest absolute Gasteiger partial charge is 0.411 e. The van der Waals surface area contributed by atoms with Crippen LogP contribution in [0.25, 0.3) is 21.9 Å². The first-order chi connectivity index (χ1) is 31.7. The van der Waals surface area contributed by atoms with E-state index < -0.39 is 63.8 Å². The summed E-state index contributed by atoms with van der Waals surface area (Å²) in [6.45, 7) is 3.91. The third kappa shape index (κ3) is 16.4. The topological polar surface area (TPSA) is 269 Å². The maximum Gasteiger partial charge on any atom is 0.411 e. The van der Waals surface area contributed by atoms with Gasteiger partial charge in [0.2, 0.25) is 10.0 Å². The maximum atomic E-state index is 13.9. The van der Waals surface area contributed by atoms with E-state index in [4.69, 9.17) is 13.8 Å². The van der Waals surface area contributed by atoms with E-state index in [9.17, 15) is 49.8 Å². The summed E-state index contributed by atoms with van der Waals surface area (Å²) in [5, 5.41) is 35.9. The Kier molecular flexibility index (Phi) is 18.9. The van der Waals surface area contributed by atoms with E-state index in [1.807, 2.05) is 0 Å². The molecule has 0 aliphatic carbocycles. The Morgan fingerprint density at radius 3 is 1.91 bits per heavy atom. The molecule has 0 saturated carbocycles. The van der Waals surface area contributed by atoms with Crippen molar-refractivity contribution >= 4 is 58.5 Å². The number of hydrogen-bond acceptors (Lipinski definition) is 13. The predicted molar refractivity (Wildman–Crippen MR) is 253 cm³/mol. The average molecular weight is 989 g/mol. The van der Waals surface area contributed by atoms with Gasteiger partial charge in [-0.25, -0.2) is 17.6 Å². The summed E-state index contributed by atoms with van der Waals surface area (Å²) in [7, 11) is -12.5. The molecular weight excluding hydrogens is 932 g/mol. The third-order valence-electron chi connectivity index (χ3n) is 11.0. The zero-order valence-electron chi connectivity index (χ0n) is 36.8. The molecule has 17 nitrogen and oxygen atoms in total. The second-order valence-corrected chi connectivity index (χ2v) is 20.7. The van der Waals surface area contributed by atoms with E-state index in [2.05, 4.69) is 20.3 Å². The molecule has 0 radical (unpaired) electrons. The number of hydrogen-bond donors (Lipinski definition) is 8. The number of unbranched alkanes of at least 4 members (excludes halogenated alkanes) is 6. The second-order valence-electron chi connectivity index (χ2n) is 16.2. The second kappa shape index (κ2) is 24.1. The summed E-state index contributed by atoms with van der Waals surface area (Å²) in [6.07, 6.45) is 9.00. The fourth-order valence-electron chi connectivity index (χ4n) is 7.63. The van der Waals surface area contributed by atoms with Crippen molar-refractivity contribution in [2.45, 2.75) is 79.8 Å². The number of aliphatic hydroxyl groups excluding tert-OH is 1. The monoisotopic (exact) mass is 988 g/mol. The lowest BCUT2D eigenvalue weighted by atomic mass is 10.0. The predicted octanol–water partition coefficient (Wildman–Crippen LogP) is 7.68. The molecule has 1 aliphatic rings. The highest BCUT2D eigenvalue weighted by Gasteiger charge is 2.23. The van der Waals surface area contributed by atoms with E-state index >= 15 is 0 Å². The molecular formula is C46H57FN4O13S3. The molecule has 1 fully saturated rings. The highest BCUT2D eigenvalue weighted by molar-refractivity contribution is 7.92. The lowest BCUT2D eigenvalue weighted by Gasteiger charge is -2.31. The molecule has 8 N–H and O–H groups in total. The lowest BCUT2D eigenvalue weighted by molar-refractivity contribution is 0.0584. The summed E-state index contributed by atoms with van der Waals surface area (Å²) in [5.74, 6) is -1.35. The van der Waals surface area contributed by atoms with Crippen molar-refractivity contribution in [3.05, 3.63) is 108 Å². The van der Waals surface area contributed by atoms with Crippen molar-refractivity contribution in [2.75, 3.05) is 49.0 Å². The van der Waals surface area contributed by atoms with Gasteiger partial charge in [-0.2, -0.15) is 16.8 Å². The van der Waals surface area contributed by atoms with Gasteiger partial charge in [-0.15, -0.1) is 0 Å². The van der Waals surface area contributed by atoms with E-state index in [0.29, 0.717) is 28.9 Å². The molecule has 0 bridgehead atoms. The van der Waals surface area contributed by atoms with Gasteiger partial charge in [-0.05, 0) is 92.4 Å². The van der Waals surface area contributed by atoms with Gasteiger partial charge in [0.05, 0.1) is 23.7 Å². The Morgan fingerprint density at radius 2 is 1.31 bits per heavy atom. The van der Waals surface area contributed by atoms with E-state index in [1.165, 1.54) is 67.8 Å². The molecule has 1 aliphatic heterocycles. The summed E-state index contributed by atoms with van der Waals surface area (Å²) in [5.41, 5.74) is 2.24. The lowest BCUT2D eigenvalue weighted by Crippen LogP contribution is -2.38. The van der Waals surface area contributed by atoms with Crippen LogP contribution in [0.15, 0.2) is 107 Å². The minimum Gasteiger partial charge on any atom is -0.506 e. The van der Waals surface area contributed by atoms with Crippen molar-refractivity contribution in [3.8, 4) is 22.6 Å². The molecule has 67 heavy (non-hydrogen) atoms. The van der Waals surface area contributed by atoms with Crippen LogP contribution in [0.4, 0.5) is 20.6 Å². The number of anilines is 2. The number of rotatable bonds is 20. The number of aliphatic hydroxyl groups is 1. The highest BCUT2D eigenvalue weighted by Crippen LogP contribution is 2.32. The van der Waals surface area contributed by atoms with Crippen LogP contribution in [0.5, 0.6) is 11.5 Å². The summed E-state index contributed by atoms with van der Waals surface area (Å²) in [4.78, 5) is 14.3. The number of halogens is 1. The number of piperidine rings is 1. The number of aromatic hydroxyl groups is 2. The van der Waals surface area contributed by atoms with E-state index in [0.717, 1.165) is 83.1 Å². The fourth-order valence-corrected chi connectivity index (χ4v) is 9.61. The first-order valence-corrected chi connectivity index (χ1v) is 26.4. The number of nitrogens with zero attached hydrogens (tertiary/aromatic N) is 1. The number of sulfonamides is 1. The van der Waals surface area contributed by atoms with Crippen LogP contribution in [0.3, 0.4) is 0 Å². The largest absolute Gasteiger partial charge is 0.506 e. The highest BCUT2D eigenvalue weighted by atomic mass is 32.2. The zero-order valence-corrected chi connectivity index (χ0v) is 39.3.